The Balaban J connectivity index is 2.54. The molecular formula is C11H16N2. The van der Waals surface area contributed by atoms with Crippen LogP contribution in [-0.4, -0.2) is 10.1 Å². The van der Waals surface area contributed by atoms with Gasteiger partial charge in [-0.05, 0) is 26.0 Å². The van der Waals surface area contributed by atoms with E-state index in [9.17, 15) is 0 Å². The predicted molar refractivity (Wildman–Crippen MR) is 55.2 cm³/mol. The molecule has 1 aromatic heterocycles. The SMILES string of the molecule is C#CC(C)(C)NCc1cccn1C. The lowest BCUT2D eigenvalue weighted by Crippen LogP contribution is -2.37. The van der Waals surface area contributed by atoms with Gasteiger partial charge in [-0.1, -0.05) is 5.92 Å². The third kappa shape index (κ3) is 2.64. The van der Waals surface area contributed by atoms with Gasteiger partial charge in [0.15, 0.2) is 0 Å². The van der Waals surface area contributed by atoms with Crippen molar-refractivity contribution in [3.8, 4) is 12.3 Å². The maximum Gasteiger partial charge on any atom is 0.0744 e. The van der Waals surface area contributed by atoms with Crippen LogP contribution in [0, 0.1) is 12.3 Å². The largest absolute Gasteiger partial charge is 0.353 e. The fourth-order valence-corrected chi connectivity index (χ4v) is 1.04. The molecule has 0 aliphatic rings. The molecule has 70 valence electrons. The van der Waals surface area contributed by atoms with Crippen LogP contribution in [0.4, 0.5) is 0 Å². The van der Waals surface area contributed by atoms with E-state index in [4.69, 9.17) is 6.42 Å². The molecule has 0 aromatic carbocycles. The molecule has 0 unspecified atom stereocenters. The van der Waals surface area contributed by atoms with Gasteiger partial charge in [0.2, 0.25) is 0 Å². The maximum absolute atomic E-state index is 5.36. The zero-order chi connectivity index (χ0) is 9.90. The van der Waals surface area contributed by atoms with Crippen molar-refractivity contribution in [3.63, 3.8) is 0 Å². The highest BCUT2D eigenvalue weighted by molar-refractivity contribution is 5.11. The average Bonchev–Trinajstić information content (AvgIpc) is 2.48. The second-order valence-corrected chi connectivity index (χ2v) is 3.73. The molecule has 1 N–H and O–H groups in total. The highest BCUT2D eigenvalue weighted by atomic mass is 15.0. The summed E-state index contributed by atoms with van der Waals surface area (Å²) < 4.78 is 2.08. The van der Waals surface area contributed by atoms with Gasteiger partial charge in [-0.2, -0.15) is 0 Å². The minimum atomic E-state index is -0.232. The monoisotopic (exact) mass is 176 g/mol. The first kappa shape index (κ1) is 9.88. The van der Waals surface area contributed by atoms with Crippen molar-refractivity contribution in [2.45, 2.75) is 25.9 Å². The average molecular weight is 176 g/mol. The van der Waals surface area contributed by atoms with Crippen molar-refractivity contribution >= 4 is 0 Å². The van der Waals surface area contributed by atoms with Crippen molar-refractivity contribution in [3.05, 3.63) is 24.0 Å². The molecule has 0 aliphatic carbocycles. The van der Waals surface area contributed by atoms with E-state index >= 15 is 0 Å². The Labute approximate surface area is 80.0 Å². The van der Waals surface area contributed by atoms with E-state index < -0.39 is 0 Å². The molecule has 0 amide bonds. The number of aryl methyl sites for hydroxylation is 1. The molecular weight excluding hydrogens is 160 g/mol. The lowest BCUT2D eigenvalue weighted by atomic mass is 10.1. The zero-order valence-corrected chi connectivity index (χ0v) is 8.46. The first-order chi connectivity index (χ1) is 6.05. The van der Waals surface area contributed by atoms with E-state index in [0.717, 1.165) is 6.54 Å². The summed E-state index contributed by atoms with van der Waals surface area (Å²) in [5.74, 6) is 2.70. The lowest BCUT2D eigenvalue weighted by molar-refractivity contribution is 0.481. The zero-order valence-electron chi connectivity index (χ0n) is 8.46. The van der Waals surface area contributed by atoms with Crippen LogP contribution in [0.25, 0.3) is 0 Å². The quantitative estimate of drug-likeness (QED) is 0.691. The van der Waals surface area contributed by atoms with Crippen LogP contribution in [0.5, 0.6) is 0 Å². The fraction of sp³-hybridized carbons (Fsp3) is 0.455. The molecule has 1 heterocycles. The van der Waals surface area contributed by atoms with Gasteiger partial charge in [-0.25, -0.2) is 0 Å². The molecule has 13 heavy (non-hydrogen) atoms. The Morgan fingerprint density at radius 1 is 1.62 bits per heavy atom. The van der Waals surface area contributed by atoms with Crippen LogP contribution in [0.2, 0.25) is 0 Å². The highest BCUT2D eigenvalue weighted by Gasteiger charge is 2.12. The summed E-state index contributed by atoms with van der Waals surface area (Å²) in [7, 11) is 2.03. The van der Waals surface area contributed by atoms with Crippen molar-refractivity contribution in [1.82, 2.24) is 9.88 Å². The van der Waals surface area contributed by atoms with Gasteiger partial charge in [0.05, 0.1) is 5.54 Å². The van der Waals surface area contributed by atoms with Crippen LogP contribution in [-0.2, 0) is 13.6 Å². The van der Waals surface area contributed by atoms with Gasteiger partial charge >= 0.3 is 0 Å². The summed E-state index contributed by atoms with van der Waals surface area (Å²) in [6, 6.07) is 4.11. The molecule has 2 heteroatoms. The number of hydrogen-bond acceptors (Lipinski definition) is 1. The summed E-state index contributed by atoms with van der Waals surface area (Å²) in [4.78, 5) is 0. The Kier molecular flexibility index (Phi) is 2.79. The number of nitrogens with one attached hydrogen (secondary N) is 1. The lowest BCUT2D eigenvalue weighted by Gasteiger charge is -2.19. The predicted octanol–water partition coefficient (Wildman–Crippen LogP) is 1.53. The molecule has 1 rings (SSSR count). The van der Waals surface area contributed by atoms with Crippen LogP contribution < -0.4 is 5.32 Å². The van der Waals surface area contributed by atoms with Crippen molar-refractivity contribution in [1.29, 1.82) is 0 Å². The van der Waals surface area contributed by atoms with Crippen molar-refractivity contribution < 1.29 is 0 Å². The molecule has 0 spiro atoms. The van der Waals surface area contributed by atoms with Gasteiger partial charge in [0, 0.05) is 25.5 Å². The summed E-state index contributed by atoms with van der Waals surface area (Å²) in [5, 5.41) is 3.29. The third-order valence-corrected chi connectivity index (χ3v) is 2.12. The second-order valence-electron chi connectivity index (χ2n) is 3.73. The first-order valence-corrected chi connectivity index (χ1v) is 4.38. The molecule has 1 aromatic rings. The Morgan fingerprint density at radius 3 is 2.77 bits per heavy atom. The number of rotatable bonds is 3. The van der Waals surface area contributed by atoms with E-state index in [1.54, 1.807) is 0 Å². The van der Waals surface area contributed by atoms with Crippen molar-refractivity contribution in [2.75, 3.05) is 0 Å². The number of nitrogens with zero attached hydrogens (tertiary/aromatic N) is 1. The minimum Gasteiger partial charge on any atom is -0.353 e. The van der Waals surface area contributed by atoms with Gasteiger partial charge in [0.1, 0.15) is 0 Å². The van der Waals surface area contributed by atoms with Crippen LogP contribution in [0.1, 0.15) is 19.5 Å². The Morgan fingerprint density at radius 2 is 2.31 bits per heavy atom. The van der Waals surface area contributed by atoms with Crippen molar-refractivity contribution in [2.24, 2.45) is 7.05 Å². The molecule has 0 saturated heterocycles. The Hall–Kier alpha value is -1.20. The van der Waals surface area contributed by atoms with Crippen LogP contribution in [0.15, 0.2) is 18.3 Å². The van der Waals surface area contributed by atoms with E-state index in [0.29, 0.717) is 0 Å². The van der Waals surface area contributed by atoms with Gasteiger partial charge in [0.25, 0.3) is 0 Å². The van der Waals surface area contributed by atoms with Gasteiger partial charge in [-0.3, -0.25) is 5.32 Å². The number of terminal acetylenes is 1. The number of hydrogen-bond donors (Lipinski definition) is 1. The molecule has 0 saturated carbocycles. The maximum atomic E-state index is 5.36. The standard InChI is InChI=1S/C11H16N2/c1-5-11(2,3)12-9-10-7-6-8-13(10)4/h1,6-8,12H,9H2,2-4H3. The third-order valence-electron chi connectivity index (χ3n) is 2.12. The summed E-state index contributed by atoms with van der Waals surface area (Å²) in [5.41, 5.74) is 1.01. The van der Waals surface area contributed by atoms with Crippen LogP contribution >= 0.6 is 0 Å². The highest BCUT2D eigenvalue weighted by Crippen LogP contribution is 2.04. The minimum absolute atomic E-state index is 0.232. The van der Waals surface area contributed by atoms with E-state index in [-0.39, 0.29) is 5.54 Å². The van der Waals surface area contributed by atoms with Gasteiger partial charge < -0.3 is 4.57 Å². The smallest absolute Gasteiger partial charge is 0.0744 e. The molecule has 0 radical (unpaired) electrons. The normalized spacial score (nSPS) is 11.2. The van der Waals surface area contributed by atoms with Gasteiger partial charge in [-0.15, -0.1) is 6.42 Å². The fourth-order valence-electron chi connectivity index (χ4n) is 1.04. The molecule has 0 fully saturated rings. The number of aromatic nitrogens is 1. The second kappa shape index (κ2) is 3.68. The summed E-state index contributed by atoms with van der Waals surface area (Å²) >= 11 is 0. The Bertz CT molecular complexity index is 315. The molecule has 0 bridgehead atoms. The summed E-state index contributed by atoms with van der Waals surface area (Å²) in [6.45, 7) is 4.80. The molecule has 2 nitrogen and oxygen atoms in total. The van der Waals surface area contributed by atoms with E-state index in [2.05, 4.69) is 21.9 Å². The first-order valence-electron chi connectivity index (χ1n) is 4.38. The van der Waals surface area contributed by atoms with E-state index in [1.807, 2.05) is 33.2 Å². The summed E-state index contributed by atoms with van der Waals surface area (Å²) in [6.07, 6.45) is 7.39. The molecule has 0 aliphatic heterocycles. The van der Waals surface area contributed by atoms with E-state index in [1.165, 1.54) is 5.69 Å². The molecule has 0 atom stereocenters. The topological polar surface area (TPSA) is 17.0 Å². The van der Waals surface area contributed by atoms with Crippen LogP contribution in [0.3, 0.4) is 0 Å².